The van der Waals surface area contributed by atoms with Crippen molar-refractivity contribution in [1.82, 2.24) is 15.0 Å². The van der Waals surface area contributed by atoms with Crippen molar-refractivity contribution in [3.05, 3.63) is 108 Å². The van der Waals surface area contributed by atoms with Gasteiger partial charge in [-0.3, -0.25) is 0 Å². The van der Waals surface area contributed by atoms with Gasteiger partial charge in [-0.15, -0.1) is 72.0 Å². The van der Waals surface area contributed by atoms with Crippen molar-refractivity contribution in [2.45, 2.75) is 16.7 Å². The zero-order valence-corrected chi connectivity index (χ0v) is 63.7. The van der Waals surface area contributed by atoms with E-state index in [1.54, 1.807) is 30.3 Å². The Bertz CT molecular complexity index is 4120. The predicted molar refractivity (Wildman–Crippen MR) is 269 cm³/mol. The first-order valence-electron chi connectivity index (χ1n) is 19.8. The van der Waals surface area contributed by atoms with Crippen molar-refractivity contribution in [1.29, 1.82) is 0 Å². The number of anilines is 4. The minimum Gasteiger partial charge on any atom is -0.745 e. The van der Waals surface area contributed by atoms with Gasteiger partial charge in [0.1, 0.15) is 31.7 Å². The average Bonchev–Trinajstić information content (AvgIpc) is 3.34. The van der Waals surface area contributed by atoms with Crippen LogP contribution in [-0.2, 0) is 76.0 Å². The van der Waals surface area contributed by atoms with Gasteiger partial charge in [-0.1, -0.05) is 40.6 Å². The first-order valence-corrected chi connectivity index (χ1v) is 28.1. The van der Waals surface area contributed by atoms with Crippen LogP contribution < -0.4 is 193 Å². The Kier molecular flexibility index (Phi) is 46.2. The Balaban J connectivity index is -0.00000103. The summed E-state index contributed by atoms with van der Waals surface area (Å²) < 4.78 is 181. The first-order chi connectivity index (χ1) is 37.4. The Morgan fingerprint density at radius 3 is 1.77 bits per heavy atom. The molecule has 0 aliphatic rings. The van der Waals surface area contributed by atoms with Crippen LogP contribution in [0.5, 0.6) is 17.2 Å². The molecule has 47 heteroatoms. The van der Waals surface area contributed by atoms with Crippen molar-refractivity contribution in [3.8, 4) is 17.2 Å². The number of hydrogen-bond acceptors (Lipinski definition) is 34. The molecule has 0 aliphatic carbocycles. The molecule has 0 aliphatic heterocycles. The molecule has 7 rings (SSSR count). The van der Waals surface area contributed by atoms with E-state index in [0.29, 0.717) is 5.75 Å². The smallest absolute Gasteiger partial charge is 0.745 e. The van der Waals surface area contributed by atoms with Crippen LogP contribution in [0.1, 0.15) is 5.56 Å². The summed E-state index contributed by atoms with van der Waals surface area (Å²) in [5.74, 6) is -2.93. The first kappa shape index (κ1) is 90.6. The number of nitrogens with one attached hydrogen (secondary N) is 2. The molecule has 0 fully saturated rings. The monoisotopic (exact) mass is 1400 g/mol. The molecule has 0 atom stereocenters. The van der Waals surface area contributed by atoms with Crippen LogP contribution in [0.4, 0.5) is 46.0 Å². The Morgan fingerprint density at radius 1 is 0.674 bits per heavy atom. The number of aromatic nitrogens is 3. The molecule has 0 radical (unpaired) electrons. The number of methoxy groups -OCH3 is 1. The van der Waals surface area contributed by atoms with Crippen molar-refractivity contribution in [2.24, 2.45) is 20.5 Å². The summed E-state index contributed by atoms with van der Waals surface area (Å²) in [5, 5.41) is 53.6. The SMILES string of the molecule is COc1cc[c-]cc1N=Nc1[c-]cc2c(S(=O)(=O)[O-])c(Nc3nc(Cl)nc(Nc4c[c-]cc5cc(S(=O)(=O)[O-])c(N=Nc6[c-]cc(C)cc6)c(O)c45)n3)ccc2c1O.O=S(=O)(COS)COOO.O=S(=O)=O.O=S(=O)=O.O=S(=O)=O.[Na+].[Na+].[Na+].[Na+].[Na+].[Na+]. The second-order valence-corrected chi connectivity index (χ2v) is 20.3. The van der Waals surface area contributed by atoms with Gasteiger partial charge >= 0.3 is 209 Å². The number of halogens is 1. The summed E-state index contributed by atoms with van der Waals surface area (Å²) in [7, 11) is -21.8. The molecule has 0 saturated carbocycles. The van der Waals surface area contributed by atoms with Crippen molar-refractivity contribution < 1.29 is 284 Å². The van der Waals surface area contributed by atoms with E-state index < -0.39 is 106 Å². The topological polar surface area (TPSA) is 512 Å². The number of azo groups is 2. The van der Waals surface area contributed by atoms with Crippen LogP contribution >= 0.6 is 24.5 Å². The summed E-state index contributed by atoms with van der Waals surface area (Å²) in [6, 6.07) is 27.9. The molecule has 0 spiro atoms. The van der Waals surface area contributed by atoms with Crippen molar-refractivity contribution in [3.63, 3.8) is 0 Å². The normalized spacial score (nSPS) is 10.4. The number of hydrogen-bond donors (Lipinski definition) is 6. The maximum Gasteiger partial charge on any atom is 1.00 e. The third-order valence-corrected chi connectivity index (χ3v) is 11.9. The van der Waals surface area contributed by atoms with Gasteiger partial charge in [0.05, 0.1) is 12.0 Å². The molecule has 6 aromatic carbocycles. The second kappa shape index (κ2) is 43.8. The number of nitrogens with zero attached hydrogens (tertiary/aromatic N) is 7. The fourth-order valence-electron chi connectivity index (χ4n) is 5.79. The molecule has 1 aromatic heterocycles. The van der Waals surface area contributed by atoms with Crippen LogP contribution in [0.3, 0.4) is 0 Å². The number of rotatable bonds is 16. The zero-order valence-electron chi connectivity index (χ0n) is 45.2. The number of aromatic hydroxyl groups is 2. The summed E-state index contributed by atoms with van der Waals surface area (Å²) in [6.07, 6.45) is 0. The number of ether oxygens (including phenoxy) is 1. The molecule has 5 N–H and O–H groups in total. The number of sulfone groups is 1. The molecule has 1 heterocycles. The second-order valence-electron chi connectivity index (χ2n) is 13.9. The number of benzene rings is 6. The molecule has 33 nitrogen and oxygen atoms in total. The van der Waals surface area contributed by atoms with Gasteiger partial charge in [-0.2, -0.15) is 96.3 Å². The minimum absolute atomic E-state index is 0. The van der Waals surface area contributed by atoms with Gasteiger partial charge in [0.25, 0.3) is 0 Å². The number of aryl methyl sites for hydroxylation is 1. The molecule has 0 saturated heterocycles. The van der Waals surface area contributed by atoms with E-state index >= 15 is 0 Å². The summed E-state index contributed by atoms with van der Waals surface area (Å²) in [4.78, 5) is 14.3. The molecule has 0 bridgehead atoms. The summed E-state index contributed by atoms with van der Waals surface area (Å²) in [6.45, 7) is 1.82. The van der Waals surface area contributed by atoms with E-state index in [1.807, 2.05) is 6.92 Å². The molecule has 0 amide bonds. The standard InChI is InChI=1S/C37H24ClN9O9S2.C2H6O6S2.6Na.3O3S/c1-19-10-12-21(13-11-19)44-47-31-29(57(50,51)52)18-20-6-5-8-25(30(20)33(31)49)39-36-41-35(38)42-37(43-36)40-27-17-14-22-23(34(27)58(53,54)55)15-16-26(32(22)48)46-45-24-7-3-4-9-28(24)56-2;3-8-6-1-10(4,5)2-7-9;;;;;;;3*1-4(2)3/h4,6-12,14-15,17-18,48-49H,1-2H3,(H,50,51,52)(H,53,54,55)(H2,39,40,41,42,43);3,9H,1-2H2;;;;;;;;;/q-4;;6*+1;;;/p-2. The number of phenolic OH excluding ortho intramolecular Hbond substituents is 2. The Hall–Kier alpha value is -1.84. The molecular weight excluding hydrogens is 1380 g/mol. The van der Waals surface area contributed by atoms with E-state index in [9.17, 15) is 44.6 Å². The molecule has 7 aromatic rings. The number of thiol groups is 1. The fraction of sp³-hybridized carbons (Fsp3) is 0.103. The van der Waals surface area contributed by atoms with Crippen LogP contribution in [0.25, 0.3) is 21.5 Å². The molecule has 86 heavy (non-hydrogen) atoms. The van der Waals surface area contributed by atoms with Gasteiger partial charge in [-0.25, -0.2) is 35.6 Å². The van der Waals surface area contributed by atoms with Crippen LogP contribution in [0.15, 0.2) is 103 Å². The predicted octanol–water partition coefficient (Wildman–Crippen LogP) is -13.5. The van der Waals surface area contributed by atoms with E-state index in [-0.39, 0.29) is 239 Å². The molecular formula is C39H28ClN9Na6O24S7. The number of fused-ring (bicyclic) bond motifs is 2. The maximum absolute atomic E-state index is 12.7. The van der Waals surface area contributed by atoms with Gasteiger partial charge < -0.3 is 38.9 Å². The Morgan fingerprint density at radius 2 is 1.26 bits per heavy atom. The van der Waals surface area contributed by atoms with Gasteiger partial charge in [0, 0.05) is 33.5 Å². The van der Waals surface area contributed by atoms with Crippen LogP contribution in [-0.4, -0.2) is 122 Å². The maximum atomic E-state index is 12.7. The van der Waals surface area contributed by atoms with Crippen molar-refractivity contribution >= 4 is 154 Å². The molecule has 428 valence electrons. The minimum atomic E-state index is -5.27. The van der Waals surface area contributed by atoms with Gasteiger partial charge in [0.15, 0.2) is 11.9 Å². The van der Waals surface area contributed by atoms with Crippen LogP contribution in [0, 0.1) is 31.2 Å². The van der Waals surface area contributed by atoms with Crippen molar-refractivity contribution in [2.75, 3.05) is 29.6 Å². The molecule has 0 unspecified atom stereocenters. The van der Waals surface area contributed by atoms with E-state index in [1.165, 1.54) is 37.4 Å². The quantitative estimate of drug-likeness (QED) is 0.00765. The third kappa shape index (κ3) is 31.0. The van der Waals surface area contributed by atoms with Gasteiger partial charge in [0.2, 0.25) is 27.0 Å². The van der Waals surface area contributed by atoms with Gasteiger partial charge in [-0.05, 0) is 36.3 Å². The van der Waals surface area contributed by atoms with Crippen LogP contribution in [0.2, 0.25) is 5.28 Å². The number of phenols is 2. The zero-order chi connectivity index (χ0) is 60.1. The fourth-order valence-corrected chi connectivity index (χ4v) is 8.32. The largest absolute Gasteiger partial charge is 1.00 e. The third-order valence-electron chi connectivity index (χ3n) is 8.66. The average molecular weight is 1400 g/mol. The Labute approximate surface area is 635 Å². The van der Waals surface area contributed by atoms with E-state index in [2.05, 4.69) is 97.3 Å². The summed E-state index contributed by atoms with van der Waals surface area (Å²) in [5.41, 5.74) is 0.217. The van der Waals surface area contributed by atoms with E-state index in [0.717, 1.165) is 17.7 Å². The summed E-state index contributed by atoms with van der Waals surface area (Å²) >= 11 is 9.41. The van der Waals surface area contributed by atoms with E-state index in [4.69, 9.17) is 59.5 Å².